The molecule has 0 atom stereocenters. The number of carboxylic acid groups (broad SMARTS) is 1. The van der Waals surface area contributed by atoms with E-state index in [1.54, 1.807) is 0 Å². The molecule has 0 radical (unpaired) electrons. The van der Waals surface area contributed by atoms with Gasteiger partial charge in [-0.3, -0.25) is 4.79 Å². The van der Waals surface area contributed by atoms with Crippen molar-refractivity contribution in [2.24, 2.45) is 0 Å². The highest BCUT2D eigenvalue weighted by Crippen LogP contribution is 2.33. The molecule has 0 unspecified atom stereocenters. The SMILES string of the molecule is O=C(O)c1ccc(C(=O)Nc2c(Cl)cc(Cl)cc2Cl)cc1. The van der Waals surface area contributed by atoms with Gasteiger partial charge >= 0.3 is 5.97 Å². The molecule has 2 N–H and O–H groups in total. The van der Waals surface area contributed by atoms with Crippen molar-refractivity contribution in [3.8, 4) is 0 Å². The highest BCUT2D eigenvalue weighted by atomic mass is 35.5. The number of carbonyl (C=O) groups excluding carboxylic acids is 1. The molecule has 0 aliphatic heterocycles. The van der Waals surface area contributed by atoms with E-state index in [-0.39, 0.29) is 26.9 Å². The Balaban J connectivity index is 2.24. The van der Waals surface area contributed by atoms with Gasteiger partial charge in [0.2, 0.25) is 0 Å². The first kappa shape index (κ1) is 15.6. The van der Waals surface area contributed by atoms with Crippen molar-refractivity contribution < 1.29 is 14.7 Å². The van der Waals surface area contributed by atoms with Gasteiger partial charge in [-0.15, -0.1) is 0 Å². The maximum absolute atomic E-state index is 12.1. The number of halogens is 3. The number of anilines is 1. The second-order valence-corrected chi connectivity index (χ2v) is 5.33. The van der Waals surface area contributed by atoms with Crippen LogP contribution in [0.4, 0.5) is 5.69 Å². The first-order valence-corrected chi connectivity index (χ1v) is 6.81. The van der Waals surface area contributed by atoms with Crippen molar-refractivity contribution >= 4 is 52.4 Å². The average molecular weight is 345 g/mol. The topological polar surface area (TPSA) is 66.4 Å². The number of amides is 1. The number of hydrogen-bond acceptors (Lipinski definition) is 2. The summed E-state index contributed by atoms with van der Waals surface area (Å²) >= 11 is 17.7. The molecule has 0 saturated carbocycles. The second-order valence-electron chi connectivity index (χ2n) is 4.08. The van der Waals surface area contributed by atoms with Gasteiger partial charge in [-0.25, -0.2) is 4.79 Å². The van der Waals surface area contributed by atoms with E-state index in [0.29, 0.717) is 5.02 Å². The maximum Gasteiger partial charge on any atom is 0.335 e. The van der Waals surface area contributed by atoms with Crippen molar-refractivity contribution in [1.82, 2.24) is 0 Å². The highest BCUT2D eigenvalue weighted by molar-refractivity contribution is 6.42. The minimum absolute atomic E-state index is 0.0918. The zero-order valence-corrected chi connectivity index (χ0v) is 12.6. The Labute approximate surface area is 135 Å². The van der Waals surface area contributed by atoms with Crippen molar-refractivity contribution in [2.75, 3.05) is 5.32 Å². The van der Waals surface area contributed by atoms with Crippen LogP contribution < -0.4 is 5.32 Å². The first-order valence-electron chi connectivity index (χ1n) is 5.67. The fourth-order valence-electron chi connectivity index (χ4n) is 1.61. The van der Waals surface area contributed by atoms with Gasteiger partial charge in [-0.05, 0) is 36.4 Å². The van der Waals surface area contributed by atoms with Crippen molar-refractivity contribution in [2.45, 2.75) is 0 Å². The predicted octanol–water partition coefficient (Wildman–Crippen LogP) is 4.60. The van der Waals surface area contributed by atoms with Crippen LogP contribution in [0.25, 0.3) is 0 Å². The molecule has 0 bridgehead atoms. The number of nitrogens with one attached hydrogen (secondary N) is 1. The van der Waals surface area contributed by atoms with Gasteiger partial charge in [0.1, 0.15) is 0 Å². The van der Waals surface area contributed by atoms with Crippen LogP contribution in [0.1, 0.15) is 20.7 Å². The van der Waals surface area contributed by atoms with Gasteiger partial charge < -0.3 is 10.4 Å². The van der Waals surface area contributed by atoms with Gasteiger partial charge in [0.15, 0.2) is 0 Å². The van der Waals surface area contributed by atoms with E-state index in [4.69, 9.17) is 39.9 Å². The number of carbonyl (C=O) groups is 2. The third-order valence-corrected chi connectivity index (χ3v) is 3.45. The Kier molecular flexibility index (Phi) is 4.73. The fraction of sp³-hybridized carbons (Fsp3) is 0. The van der Waals surface area contributed by atoms with E-state index in [0.717, 1.165) is 0 Å². The molecule has 2 aromatic carbocycles. The molecule has 21 heavy (non-hydrogen) atoms. The Morgan fingerprint density at radius 1 is 0.905 bits per heavy atom. The van der Waals surface area contributed by atoms with E-state index in [1.165, 1.54) is 36.4 Å². The smallest absolute Gasteiger partial charge is 0.335 e. The summed E-state index contributed by atoms with van der Waals surface area (Å²) in [6, 6.07) is 8.38. The number of aromatic carboxylic acids is 1. The Morgan fingerprint density at radius 3 is 1.86 bits per heavy atom. The van der Waals surface area contributed by atoms with E-state index in [1.807, 2.05) is 0 Å². The largest absolute Gasteiger partial charge is 0.478 e. The number of rotatable bonds is 3. The molecule has 1 amide bonds. The zero-order valence-electron chi connectivity index (χ0n) is 10.4. The number of hydrogen-bond donors (Lipinski definition) is 2. The summed E-state index contributed by atoms with van der Waals surface area (Å²) in [5, 5.41) is 12.1. The standard InChI is InChI=1S/C14H8Cl3NO3/c15-9-5-10(16)12(11(17)6-9)18-13(19)7-1-3-8(4-2-7)14(20)21/h1-6H,(H,18,19)(H,20,21). The molecule has 0 fully saturated rings. The molecule has 4 nitrogen and oxygen atoms in total. The van der Waals surface area contributed by atoms with Crippen LogP contribution in [0.15, 0.2) is 36.4 Å². The molecule has 0 heterocycles. The average Bonchev–Trinajstić information content (AvgIpc) is 2.42. The Bertz CT molecular complexity index is 691. The van der Waals surface area contributed by atoms with Crippen LogP contribution in [0.3, 0.4) is 0 Å². The van der Waals surface area contributed by atoms with Crippen molar-refractivity contribution in [3.05, 3.63) is 62.6 Å². The summed E-state index contributed by atoms with van der Waals surface area (Å²) in [7, 11) is 0. The second kappa shape index (κ2) is 6.35. The van der Waals surface area contributed by atoms with Crippen LogP contribution in [-0.4, -0.2) is 17.0 Å². The molecule has 7 heteroatoms. The molecule has 2 rings (SSSR count). The molecule has 0 aliphatic rings. The highest BCUT2D eigenvalue weighted by Gasteiger charge is 2.13. The number of carboxylic acids is 1. The van der Waals surface area contributed by atoms with E-state index >= 15 is 0 Å². The zero-order chi connectivity index (χ0) is 15.6. The predicted molar refractivity (Wildman–Crippen MR) is 82.8 cm³/mol. The molecule has 0 aliphatic carbocycles. The van der Waals surface area contributed by atoms with Crippen LogP contribution in [0.5, 0.6) is 0 Å². The summed E-state index contributed by atoms with van der Waals surface area (Å²) in [6.07, 6.45) is 0. The van der Waals surface area contributed by atoms with Gasteiger partial charge in [0.25, 0.3) is 5.91 Å². The normalized spacial score (nSPS) is 10.2. The van der Waals surface area contributed by atoms with Crippen LogP contribution in [0.2, 0.25) is 15.1 Å². The molecule has 2 aromatic rings. The minimum atomic E-state index is -1.06. The van der Waals surface area contributed by atoms with Crippen LogP contribution in [-0.2, 0) is 0 Å². The van der Waals surface area contributed by atoms with Crippen molar-refractivity contribution in [3.63, 3.8) is 0 Å². The summed E-state index contributed by atoms with van der Waals surface area (Å²) in [5.41, 5.74) is 0.617. The van der Waals surface area contributed by atoms with Crippen LogP contribution >= 0.6 is 34.8 Å². The fourth-order valence-corrected chi connectivity index (χ4v) is 2.52. The third-order valence-electron chi connectivity index (χ3n) is 2.64. The monoisotopic (exact) mass is 343 g/mol. The van der Waals surface area contributed by atoms with Crippen molar-refractivity contribution in [1.29, 1.82) is 0 Å². The molecule has 0 spiro atoms. The number of benzene rings is 2. The maximum atomic E-state index is 12.1. The first-order chi connectivity index (χ1) is 9.88. The van der Waals surface area contributed by atoms with E-state index in [2.05, 4.69) is 5.32 Å². The van der Waals surface area contributed by atoms with Gasteiger partial charge in [-0.1, -0.05) is 34.8 Å². The lowest BCUT2D eigenvalue weighted by molar-refractivity contribution is 0.0696. The molecule has 108 valence electrons. The quantitative estimate of drug-likeness (QED) is 0.855. The van der Waals surface area contributed by atoms with Gasteiger partial charge in [0, 0.05) is 10.6 Å². The molecule has 0 saturated heterocycles. The molecular weight excluding hydrogens is 337 g/mol. The van der Waals surface area contributed by atoms with Gasteiger partial charge in [-0.2, -0.15) is 0 Å². The third kappa shape index (κ3) is 3.67. The lowest BCUT2D eigenvalue weighted by Crippen LogP contribution is -2.13. The van der Waals surface area contributed by atoms with Gasteiger partial charge in [0.05, 0.1) is 21.3 Å². The van der Waals surface area contributed by atoms with E-state index < -0.39 is 11.9 Å². The Hall–Kier alpha value is -1.75. The minimum Gasteiger partial charge on any atom is -0.478 e. The Morgan fingerprint density at radius 2 is 1.38 bits per heavy atom. The molecular formula is C14H8Cl3NO3. The van der Waals surface area contributed by atoms with Crippen LogP contribution in [0, 0.1) is 0 Å². The lowest BCUT2D eigenvalue weighted by Gasteiger charge is -2.10. The molecule has 0 aromatic heterocycles. The summed E-state index contributed by atoms with van der Waals surface area (Å²) < 4.78 is 0. The summed E-state index contributed by atoms with van der Waals surface area (Å²) in [4.78, 5) is 22.8. The summed E-state index contributed by atoms with van der Waals surface area (Å²) in [5.74, 6) is -1.52. The lowest BCUT2D eigenvalue weighted by atomic mass is 10.1. The van der Waals surface area contributed by atoms with E-state index in [9.17, 15) is 9.59 Å². The summed E-state index contributed by atoms with van der Waals surface area (Å²) in [6.45, 7) is 0.